The van der Waals surface area contributed by atoms with Crippen LogP contribution in [0.4, 0.5) is 5.69 Å². The second kappa shape index (κ2) is 7.70. The van der Waals surface area contributed by atoms with Gasteiger partial charge in [0.15, 0.2) is 17.5 Å². The Balaban J connectivity index is 2.03. The highest BCUT2D eigenvalue weighted by Gasteiger charge is 2.07. The summed E-state index contributed by atoms with van der Waals surface area (Å²) >= 11 is 1.74. The summed E-state index contributed by atoms with van der Waals surface area (Å²) in [5.74, 6) is 2.09. The first-order valence-corrected chi connectivity index (χ1v) is 7.78. The summed E-state index contributed by atoms with van der Waals surface area (Å²) in [5.41, 5.74) is 2.17. The minimum Gasteiger partial charge on any atom is -0.493 e. The van der Waals surface area contributed by atoms with E-state index in [9.17, 15) is 0 Å². The molecule has 0 aliphatic carbocycles. The Kier molecular flexibility index (Phi) is 5.66. The molecule has 1 heterocycles. The molecule has 0 fully saturated rings. The second-order valence-electron chi connectivity index (χ2n) is 4.65. The number of aliphatic imine (C=N–C) groups is 1. The van der Waals surface area contributed by atoms with Crippen LogP contribution in [0.5, 0.6) is 11.5 Å². The number of methoxy groups -OCH3 is 2. The molecule has 0 aliphatic rings. The predicted molar refractivity (Wildman–Crippen MR) is 92.4 cm³/mol. The molecule has 2 N–H and O–H groups in total. The first-order valence-electron chi connectivity index (χ1n) is 6.90. The zero-order chi connectivity index (χ0) is 15.9. The standard InChI is InChI=1S/C16H21N3O2S/c1-11-7-8-22-15(11)10-18-16(17-2)19-12-5-6-13(20-3)14(9-12)21-4/h5-9H,10H2,1-4H3,(H2,17,18,19). The van der Waals surface area contributed by atoms with Gasteiger partial charge < -0.3 is 20.1 Å². The summed E-state index contributed by atoms with van der Waals surface area (Å²) in [6.07, 6.45) is 0. The lowest BCUT2D eigenvalue weighted by Gasteiger charge is -2.14. The molecule has 1 aromatic heterocycles. The van der Waals surface area contributed by atoms with Gasteiger partial charge in [-0.2, -0.15) is 0 Å². The van der Waals surface area contributed by atoms with Gasteiger partial charge in [-0.05, 0) is 36.1 Å². The molecule has 2 rings (SSSR count). The molecule has 0 atom stereocenters. The van der Waals surface area contributed by atoms with Gasteiger partial charge in [-0.25, -0.2) is 0 Å². The van der Waals surface area contributed by atoms with Crippen molar-refractivity contribution in [3.05, 3.63) is 40.1 Å². The normalized spacial score (nSPS) is 11.2. The van der Waals surface area contributed by atoms with E-state index in [0.29, 0.717) is 17.5 Å². The van der Waals surface area contributed by atoms with E-state index in [1.54, 1.807) is 32.6 Å². The molecule has 0 saturated heterocycles. The van der Waals surface area contributed by atoms with Gasteiger partial charge in [0, 0.05) is 23.7 Å². The van der Waals surface area contributed by atoms with Crippen LogP contribution in [0.25, 0.3) is 0 Å². The smallest absolute Gasteiger partial charge is 0.195 e. The minimum absolute atomic E-state index is 0.678. The number of benzene rings is 1. The summed E-state index contributed by atoms with van der Waals surface area (Å²) in [6, 6.07) is 7.77. The Morgan fingerprint density at radius 3 is 2.55 bits per heavy atom. The van der Waals surface area contributed by atoms with Crippen molar-refractivity contribution in [2.45, 2.75) is 13.5 Å². The maximum atomic E-state index is 5.30. The molecule has 0 radical (unpaired) electrons. The van der Waals surface area contributed by atoms with Crippen LogP contribution >= 0.6 is 11.3 Å². The highest BCUT2D eigenvalue weighted by Crippen LogP contribution is 2.29. The van der Waals surface area contributed by atoms with Gasteiger partial charge in [0.1, 0.15) is 0 Å². The van der Waals surface area contributed by atoms with Crippen LogP contribution in [0, 0.1) is 6.92 Å². The number of hydrogen-bond acceptors (Lipinski definition) is 4. The van der Waals surface area contributed by atoms with E-state index in [0.717, 1.165) is 12.2 Å². The van der Waals surface area contributed by atoms with Crippen LogP contribution in [0.15, 0.2) is 34.6 Å². The quantitative estimate of drug-likeness (QED) is 0.656. The summed E-state index contributed by atoms with van der Waals surface area (Å²) in [5, 5.41) is 8.64. The average molecular weight is 319 g/mol. The Bertz CT molecular complexity index is 653. The molecule has 0 bridgehead atoms. The van der Waals surface area contributed by atoms with Crippen molar-refractivity contribution >= 4 is 23.0 Å². The molecule has 0 amide bonds. The van der Waals surface area contributed by atoms with Gasteiger partial charge in [-0.1, -0.05) is 0 Å². The van der Waals surface area contributed by atoms with Gasteiger partial charge in [0.05, 0.1) is 20.8 Å². The van der Waals surface area contributed by atoms with Crippen LogP contribution < -0.4 is 20.1 Å². The minimum atomic E-state index is 0.678. The topological polar surface area (TPSA) is 54.9 Å². The van der Waals surface area contributed by atoms with Crippen molar-refractivity contribution in [2.75, 3.05) is 26.6 Å². The second-order valence-corrected chi connectivity index (χ2v) is 5.65. The number of guanidine groups is 1. The van der Waals surface area contributed by atoms with Gasteiger partial charge in [-0.15, -0.1) is 11.3 Å². The first kappa shape index (κ1) is 16.2. The van der Waals surface area contributed by atoms with E-state index in [1.165, 1.54) is 10.4 Å². The molecule has 6 heteroatoms. The first-order chi connectivity index (χ1) is 10.7. The van der Waals surface area contributed by atoms with Gasteiger partial charge >= 0.3 is 0 Å². The molecule has 0 saturated carbocycles. The Hall–Kier alpha value is -2.21. The van der Waals surface area contributed by atoms with E-state index in [-0.39, 0.29) is 0 Å². The molecule has 0 spiro atoms. The molecule has 0 aliphatic heterocycles. The third-order valence-electron chi connectivity index (χ3n) is 3.25. The summed E-state index contributed by atoms with van der Waals surface area (Å²) in [6.45, 7) is 2.86. The van der Waals surface area contributed by atoms with E-state index >= 15 is 0 Å². The van der Waals surface area contributed by atoms with E-state index in [2.05, 4.69) is 34.0 Å². The number of thiophene rings is 1. The van der Waals surface area contributed by atoms with Gasteiger partial charge in [-0.3, -0.25) is 4.99 Å². The number of aryl methyl sites for hydroxylation is 1. The molecule has 1 aromatic carbocycles. The maximum absolute atomic E-state index is 5.30. The highest BCUT2D eigenvalue weighted by molar-refractivity contribution is 7.10. The van der Waals surface area contributed by atoms with Crippen molar-refractivity contribution in [3.63, 3.8) is 0 Å². The molecular formula is C16H21N3O2S. The number of nitrogens with zero attached hydrogens (tertiary/aromatic N) is 1. The molecule has 5 nitrogen and oxygen atoms in total. The molecule has 22 heavy (non-hydrogen) atoms. The lowest BCUT2D eigenvalue weighted by atomic mass is 10.2. The SMILES string of the molecule is CN=C(NCc1sccc1C)Nc1ccc(OC)c(OC)c1. The summed E-state index contributed by atoms with van der Waals surface area (Å²) in [7, 11) is 4.99. The zero-order valence-electron chi connectivity index (χ0n) is 13.3. The Morgan fingerprint density at radius 2 is 1.95 bits per heavy atom. The fourth-order valence-corrected chi connectivity index (χ4v) is 2.82. The van der Waals surface area contributed by atoms with Crippen LogP contribution in [-0.2, 0) is 6.54 Å². The van der Waals surface area contributed by atoms with E-state index < -0.39 is 0 Å². The lowest BCUT2D eigenvalue weighted by molar-refractivity contribution is 0.355. The Labute approximate surface area is 135 Å². The van der Waals surface area contributed by atoms with Crippen molar-refractivity contribution in [2.24, 2.45) is 4.99 Å². The number of rotatable bonds is 5. The number of nitrogens with one attached hydrogen (secondary N) is 2. The number of hydrogen-bond donors (Lipinski definition) is 2. The van der Waals surface area contributed by atoms with Crippen LogP contribution in [0.3, 0.4) is 0 Å². The van der Waals surface area contributed by atoms with Crippen LogP contribution in [0.2, 0.25) is 0 Å². The van der Waals surface area contributed by atoms with Gasteiger partial charge in [0.25, 0.3) is 0 Å². The van der Waals surface area contributed by atoms with Crippen LogP contribution in [-0.4, -0.2) is 27.2 Å². The molecule has 0 unspecified atom stereocenters. The van der Waals surface area contributed by atoms with Crippen molar-refractivity contribution in [1.29, 1.82) is 0 Å². The molecule has 118 valence electrons. The molecule has 2 aromatic rings. The predicted octanol–water partition coefficient (Wildman–Crippen LogP) is 3.26. The summed E-state index contributed by atoms with van der Waals surface area (Å²) < 4.78 is 10.5. The zero-order valence-corrected chi connectivity index (χ0v) is 14.1. The third-order valence-corrected chi connectivity index (χ3v) is 4.28. The third kappa shape index (κ3) is 3.92. The van der Waals surface area contributed by atoms with E-state index in [4.69, 9.17) is 9.47 Å². The highest BCUT2D eigenvalue weighted by atomic mass is 32.1. The maximum Gasteiger partial charge on any atom is 0.195 e. The summed E-state index contributed by atoms with van der Waals surface area (Å²) in [4.78, 5) is 5.54. The van der Waals surface area contributed by atoms with Crippen molar-refractivity contribution < 1.29 is 9.47 Å². The van der Waals surface area contributed by atoms with Crippen molar-refractivity contribution in [1.82, 2.24) is 5.32 Å². The number of ether oxygens (including phenoxy) is 2. The number of anilines is 1. The van der Waals surface area contributed by atoms with Gasteiger partial charge in [0.2, 0.25) is 0 Å². The largest absolute Gasteiger partial charge is 0.493 e. The Morgan fingerprint density at radius 1 is 1.18 bits per heavy atom. The average Bonchev–Trinajstić information content (AvgIpc) is 2.96. The van der Waals surface area contributed by atoms with E-state index in [1.807, 2.05) is 18.2 Å². The fraction of sp³-hybridized carbons (Fsp3) is 0.312. The molecular weight excluding hydrogens is 298 g/mol. The fourth-order valence-electron chi connectivity index (χ4n) is 1.98. The lowest BCUT2D eigenvalue weighted by Crippen LogP contribution is -2.30. The van der Waals surface area contributed by atoms with Crippen LogP contribution in [0.1, 0.15) is 10.4 Å². The van der Waals surface area contributed by atoms with Crippen molar-refractivity contribution in [3.8, 4) is 11.5 Å². The monoisotopic (exact) mass is 319 g/mol.